The summed E-state index contributed by atoms with van der Waals surface area (Å²) in [5, 5.41) is 2.72. The highest BCUT2D eigenvalue weighted by atomic mass is 33.1. The molecule has 0 rings (SSSR count). The van der Waals surface area contributed by atoms with Crippen molar-refractivity contribution in [2.24, 2.45) is 5.73 Å². The Morgan fingerprint density at radius 3 is 2.64 bits per heavy atom. The molecule has 0 aromatic carbocycles. The second-order valence-corrected chi connectivity index (χ2v) is 4.62. The molecule has 0 aliphatic carbocycles. The molecule has 0 bridgehead atoms. The quantitative estimate of drug-likeness (QED) is 0.476. The van der Waals surface area contributed by atoms with Gasteiger partial charge in [-0.25, -0.2) is 0 Å². The summed E-state index contributed by atoms with van der Waals surface area (Å²) in [5.74, 6) is 1.96. The summed E-state index contributed by atoms with van der Waals surface area (Å²) in [6, 6.07) is 0. The molecule has 0 heterocycles. The molecule has 0 aliphatic rings. The largest absolute Gasteiger partial charge is 0.355 e. The van der Waals surface area contributed by atoms with Gasteiger partial charge < -0.3 is 11.1 Å². The molecule has 0 unspecified atom stereocenters. The van der Waals surface area contributed by atoms with Crippen molar-refractivity contribution in [1.82, 2.24) is 5.32 Å². The van der Waals surface area contributed by atoms with Gasteiger partial charge in [0.15, 0.2) is 0 Å². The first-order valence-corrected chi connectivity index (χ1v) is 5.95. The van der Waals surface area contributed by atoms with E-state index < -0.39 is 0 Å². The van der Waals surface area contributed by atoms with E-state index >= 15 is 0 Å². The third kappa shape index (κ3) is 10.1. The minimum atomic E-state index is 0.0365. The van der Waals surface area contributed by atoms with Crippen LogP contribution < -0.4 is 11.1 Å². The highest BCUT2D eigenvalue weighted by Crippen LogP contribution is 2.18. The SMILES string of the molecule is CC(=O)NCCSSCCN. The molecule has 0 aromatic heterocycles. The molecule has 0 fully saturated rings. The molecule has 0 atom stereocenters. The van der Waals surface area contributed by atoms with Crippen LogP contribution in [-0.4, -0.2) is 30.5 Å². The van der Waals surface area contributed by atoms with E-state index in [0.29, 0.717) is 0 Å². The van der Waals surface area contributed by atoms with E-state index in [1.165, 1.54) is 6.92 Å². The van der Waals surface area contributed by atoms with Gasteiger partial charge in [-0.15, -0.1) is 0 Å². The zero-order valence-electron chi connectivity index (χ0n) is 6.63. The smallest absolute Gasteiger partial charge is 0.216 e. The number of carbonyl (C=O) groups is 1. The molecule has 0 radical (unpaired) electrons. The zero-order chi connectivity index (χ0) is 8.53. The van der Waals surface area contributed by atoms with Gasteiger partial charge in [-0.3, -0.25) is 4.79 Å². The van der Waals surface area contributed by atoms with Crippen LogP contribution in [0.2, 0.25) is 0 Å². The Bertz CT molecular complexity index is 111. The van der Waals surface area contributed by atoms with Crippen LogP contribution in [0.4, 0.5) is 0 Å². The Labute approximate surface area is 75.3 Å². The van der Waals surface area contributed by atoms with Gasteiger partial charge in [0, 0.05) is 31.5 Å². The van der Waals surface area contributed by atoms with Gasteiger partial charge in [0.1, 0.15) is 0 Å². The summed E-state index contributed by atoms with van der Waals surface area (Å²) in [6.45, 7) is 2.99. The van der Waals surface area contributed by atoms with Gasteiger partial charge in [-0.05, 0) is 0 Å². The second kappa shape index (κ2) is 8.23. The topological polar surface area (TPSA) is 55.1 Å². The number of carbonyl (C=O) groups excluding carboxylic acids is 1. The van der Waals surface area contributed by atoms with Gasteiger partial charge in [0.25, 0.3) is 0 Å². The normalized spacial score (nSPS) is 9.64. The first-order chi connectivity index (χ1) is 5.27. The van der Waals surface area contributed by atoms with Crippen LogP contribution >= 0.6 is 21.6 Å². The van der Waals surface area contributed by atoms with E-state index in [4.69, 9.17) is 5.73 Å². The maximum absolute atomic E-state index is 10.4. The summed E-state index contributed by atoms with van der Waals surface area (Å²) in [4.78, 5) is 10.4. The molecule has 1 amide bonds. The molecule has 0 aliphatic heterocycles. The minimum Gasteiger partial charge on any atom is -0.355 e. The first kappa shape index (κ1) is 11.1. The molecule has 0 aromatic rings. The average Bonchev–Trinajstić information content (AvgIpc) is 1.96. The lowest BCUT2D eigenvalue weighted by atomic mass is 10.6. The predicted octanol–water partition coefficient (Wildman–Crippen LogP) is 0.463. The fourth-order valence-corrected chi connectivity index (χ4v) is 2.20. The van der Waals surface area contributed by atoms with Crippen LogP contribution in [0.3, 0.4) is 0 Å². The molecule has 3 nitrogen and oxygen atoms in total. The van der Waals surface area contributed by atoms with Crippen molar-refractivity contribution in [3.63, 3.8) is 0 Å². The lowest BCUT2D eigenvalue weighted by molar-refractivity contribution is -0.118. The van der Waals surface area contributed by atoms with Gasteiger partial charge in [-0.1, -0.05) is 21.6 Å². The monoisotopic (exact) mass is 194 g/mol. The number of hydrogen-bond donors (Lipinski definition) is 2. The van der Waals surface area contributed by atoms with Crippen molar-refractivity contribution >= 4 is 27.5 Å². The molecule has 5 heteroatoms. The van der Waals surface area contributed by atoms with Crippen LogP contribution in [0.1, 0.15) is 6.92 Å². The number of hydrogen-bond acceptors (Lipinski definition) is 4. The molecule has 0 saturated carbocycles. The third-order valence-electron chi connectivity index (χ3n) is 0.844. The van der Waals surface area contributed by atoms with Crippen LogP contribution in [0.25, 0.3) is 0 Å². The predicted molar refractivity (Wildman–Crippen MR) is 52.7 cm³/mol. The summed E-state index contributed by atoms with van der Waals surface area (Å²) < 4.78 is 0. The van der Waals surface area contributed by atoms with Crippen molar-refractivity contribution in [2.75, 3.05) is 24.6 Å². The van der Waals surface area contributed by atoms with E-state index in [2.05, 4.69) is 5.32 Å². The average molecular weight is 194 g/mol. The number of rotatable bonds is 6. The van der Waals surface area contributed by atoms with E-state index in [9.17, 15) is 4.79 Å². The highest BCUT2D eigenvalue weighted by Gasteiger charge is 1.90. The first-order valence-electron chi connectivity index (χ1n) is 3.46. The Balaban J connectivity index is 2.85. The standard InChI is InChI=1S/C6H14N2OS2/c1-6(9)8-3-5-11-10-4-2-7/h2-5,7H2,1H3,(H,8,9). The summed E-state index contributed by atoms with van der Waals surface area (Å²) >= 11 is 0. The Kier molecular flexibility index (Phi) is 8.33. The number of nitrogens with one attached hydrogen (secondary N) is 1. The van der Waals surface area contributed by atoms with E-state index in [1.807, 2.05) is 0 Å². The maximum atomic E-state index is 10.4. The van der Waals surface area contributed by atoms with E-state index in [0.717, 1.165) is 24.6 Å². The summed E-state index contributed by atoms with van der Waals surface area (Å²) in [7, 11) is 3.49. The molecular formula is C6H14N2OS2. The number of nitrogens with two attached hydrogens (primary N) is 1. The van der Waals surface area contributed by atoms with Crippen molar-refractivity contribution in [1.29, 1.82) is 0 Å². The zero-order valence-corrected chi connectivity index (χ0v) is 8.26. The van der Waals surface area contributed by atoms with Crippen molar-refractivity contribution < 1.29 is 4.79 Å². The minimum absolute atomic E-state index is 0.0365. The third-order valence-corrected chi connectivity index (χ3v) is 3.28. The summed E-state index contributed by atoms with van der Waals surface area (Å²) in [5.41, 5.74) is 5.29. The Morgan fingerprint density at radius 1 is 1.45 bits per heavy atom. The van der Waals surface area contributed by atoms with Crippen molar-refractivity contribution in [3.05, 3.63) is 0 Å². The molecule has 66 valence electrons. The summed E-state index contributed by atoms with van der Waals surface area (Å²) in [6.07, 6.45) is 0. The van der Waals surface area contributed by atoms with E-state index in [-0.39, 0.29) is 5.91 Å². The Hall–Kier alpha value is 0.130. The lowest BCUT2D eigenvalue weighted by Crippen LogP contribution is -2.22. The molecule has 11 heavy (non-hydrogen) atoms. The van der Waals surface area contributed by atoms with Crippen molar-refractivity contribution in [2.45, 2.75) is 6.92 Å². The van der Waals surface area contributed by atoms with Crippen LogP contribution in [0.5, 0.6) is 0 Å². The maximum Gasteiger partial charge on any atom is 0.216 e. The van der Waals surface area contributed by atoms with Gasteiger partial charge >= 0.3 is 0 Å². The Morgan fingerprint density at radius 2 is 2.09 bits per heavy atom. The second-order valence-electron chi connectivity index (χ2n) is 1.92. The molecule has 0 saturated heterocycles. The molecule has 0 spiro atoms. The lowest BCUT2D eigenvalue weighted by Gasteiger charge is -2.00. The van der Waals surface area contributed by atoms with Crippen LogP contribution in [0, 0.1) is 0 Å². The van der Waals surface area contributed by atoms with Crippen LogP contribution in [-0.2, 0) is 4.79 Å². The van der Waals surface area contributed by atoms with Crippen molar-refractivity contribution in [3.8, 4) is 0 Å². The van der Waals surface area contributed by atoms with Gasteiger partial charge in [0.05, 0.1) is 0 Å². The highest BCUT2D eigenvalue weighted by molar-refractivity contribution is 8.76. The molecule has 3 N–H and O–H groups in total. The molecular weight excluding hydrogens is 180 g/mol. The van der Waals surface area contributed by atoms with Gasteiger partial charge in [-0.2, -0.15) is 0 Å². The van der Waals surface area contributed by atoms with E-state index in [1.54, 1.807) is 21.6 Å². The van der Waals surface area contributed by atoms with Crippen LogP contribution in [0.15, 0.2) is 0 Å². The fraction of sp³-hybridized carbons (Fsp3) is 0.833. The fourth-order valence-electron chi connectivity index (χ4n) is 0.435. The van der Waals surface area contributed by atoms with Gasteiger partial charge in [0.2, 0.25) is 5.91 Å². The number of amides is 1.